The minimum atomic E-state index is 0.303. The van der Waals surface area contributed by atoms with E-state index in [4.69, 9.17) is 4.74 Å². The molecular weight excluding hydrogens is 238 g/mol. The Morgan fingerprint density at radius 2 is 2.16 bits per heavy atom. The van der Waals surface area contributed by atoms with Crippen LogP contribution in [0.15, 0.2) is 18.3 Å². The number of rotatable bonds is 5. The maximum absolute atomic E-state index is 5.68. The molecule has 0 amide bonds. The van der Waals surface area contributed by atoms with Gasteiger partial charge in [0.2, 0.25) is 0 Å². The predicted octanol–water partition coefficient (Wildman–Crippen LogP) is 2.37. The van der Waals surface area contributed by atoms with Crippen LogP contribution >= 0.6 is 0 Å². The van der Waals surface area contributed by atoms with Crippen LogP contribution in [-0.2, 0) is 4.74 Å². The second-order valence-electron chi connectivity index (χ2n) is 5.09. The van der Waals surface area contributed by atoms with E-state index in [0.29, 0.717) is 12.1 Å². The van der Waals surface area contributed by atoms with Crippen molar-refractivity contribution in [1.29, 1.82) is 0 Å². The number of hydrogen-bond donors (Lipinski definition) is 1. The standard InChI is InChI=1S/C15H25N3O/c1-4-19-14-7-9-18(10-8-14)13-5-6-15(17-11-13)12(2)16-3/h5-6,11-12,14,16H,4,7-10H2,1-3H3. The number of pyridine rings is 1. The highest BCUT2D eigenvalue weighted by Crippen LogP contribution is 2.21. The summed E-state index contributed by atoms with van der Waals surface area (Å²) in [6.07, 6.45) is 4.66. The summed E-state index contributed by atoms with van der Waals surface area (Å²) < 4.78 is 5.68. The molecule has 1 aliphatic heterocycles. The van der Waals surface area contributed by atoms with E-state index in [1.54, 1.807) is 0 Å². The molecule has 2 rings (SSSR count). The lowest BCUT2D eigenvalue weighted by Gasteiger charge is -2.33. The van der Waals surface area contributed by atoms with Crippen molar-refractivity contribution in [3.05, 3.63) is 24.0 Å². The van der Waals surface area contributed by atoms with Gasteiger partial charge in [-0.25, -0.2) is 0 Å². The van der Waals surface area contributed by atoms with Crippen LogP contribution in [0.3, 0.4) is 0 Å². The molecule has 1 N–H and O–H groups in total. The molecule has 1 aromatic rings. The minimum absolute atomic E-state index is 0.303. The Morgan fingerprint density at radius 3 is 2.68 bits per heavy atom. The zero-order valence-corrected chi connectivity index (χ0v) is 12.2. The lowest BCUT2D eigenvalue weighted by molar-refractivity contribution is 0.0459. The van der Waals surface area contributed by atoms with Crippen LogP contribution in [0, 0.1) is 0 Å². The lowest BCUT2D eigenvalue weighted by atomic mass is 10.1. The normalized spacial score (nSPS) is 18.6. The maximum atomic E-state index is 5.68. The Labute approximate surface area is 116 Å². The molecule has 106 valence electrons. The highest BCUT2D eigenvalue weighted by molar-refractivity contribution is 5.45. The topological polar surface area (TPSA) is 37.4 Å². The van der Waals surface area contributed by atoms with Gasteiger partial charge in [-0.1, -0.05) is 0 Å². The van der Waals surface area contributed by atoms with Gasteiger partial charge in [0.15, 0.2) is 0 Å². The van der Waals surface area contributed by atoms with Crippen LogP contribution < -0.4 is 10.2 Å². The Kier molecular flexibility index (Phi) is 5.16. The van der Waals surface area contributed by atoms with E-state index in [9.17, 15) is 0 Å². The molecule has 0 bridgehead atoms. The van der Waals surface area contributed by atoms with E-state index in [0.717, 1.165) is 38.2 Å². The van der Waals surface area contributed by atoms with E-state index in [1.807, 2.05) is 13.2 Å². The van der Waals surface area contributed by atoms with Gasteiger partial charge in [-0.2, -0.15) is 0 Å². The van der Waals surface area contributed by atoms with Gasteiger partial charge in [-0.05, 0) is 45.9 Å². The molecule has 1 atom stereocenters. The van der Waals surface area contributed by atoms with Crippen LogP contribution in [-0.4, -0.2) is 37.8 Å². The molecule has 1 aliphatic rings. The molecule has 0 radical (unpaired) electrons. The van der Waals surface area contributed by atoms with Gasteiger partial charge in [0.05, 0.1) is 23.7 Å². The fraction of sp³-hybridized carbons (Fsp3) is 0.667. The first-order valence-corrected chi connectivity index (χ1v) is 7.24. The second-order valence-corrected chi connectivity index (χ2v) is 5.09. The maximum Gasteiger partial charge on any atom is 0.0608 e. The van der Waals surface area contributed by atoms with E-state index in [-0.39, 0.29) is 0 Å². The van der Waals surface area contributed by atoms with E-state index < -0.39 is 0 Å². The Hall–Kier alpha value is -1.13. The van der Waals surface area contributed by atoms with Crippen molar-refractivity contribution in [2.24, 2.45) is 0 Å². The number of hydrogen-bond acceptors (Lipinski definition) is 4. The third-order valence-corrected chi connectivity index (χ3v) is 3.86. The molecule has 0 aliphatic carbocycles. The summed E-state index contributed by atoms with van der Waals surface area (Å²) in [6, 6.07) is 4.60. The second kappa shape index (κ2) is 6.87. The van der Waals surface area contributed by atoms with Crippen molar-refractivity contribution in [3.63, 3.8) is 0 Å². The van der Waals surface area contributed by atoms with Gasteiger partial charge in [-0.15, -0.1) is 0 Å². The molecule has 0 aromatic carbocycles. The van der Waals surface area contributed by atoms with Crippen molar-refractivity contribution in [2.45, 2.75) is 38.8 Å². The first kappa shape index (κ1) is 14.3. The summed E-state index contributed by atoms with van der Waals surface area (Å²) in [5, 5.41) is 3.21. The van der Waals surface area contributed by atoms with Gasteiger partial charge in [0.25, 0.3) is 0 Å². The van der Waals surface area contributed by atoms with E-state index in [2.05, 4.69) is 41.2 Å². The first-order valence-electron chi connectivity index (χ1n) is 7.24. The Balaban J connectivity index is 1.92. The van der Waals surface area contributed by atoms with Gasteiger partial charge in [-0.3, -0.25) is 4.98 Å². The third-order valence-electron chi connectivity index (χ3n) is 3.86. The van der Waals surface area contributed by atoms with Crippen LogP contribution in [0.25, 0.3) is 0 Å². The van der Waals surface area contributed by atoms with Crippen molar-refractivity contribution in [1.82, 2.24) is 10.3 Å². The fourth-order valence-corrected chi connectivity index (χ4v) is 2.50. The average molecular weight is 263 g/mol. The summed E-state index contributed by atoms with van der Waals surface area (Å²) >= 11 is 0. The van der Waals surface area contributed by atoms with Crippen LogP contribution in [0.5, 0.6) is 0 Å². The molecule has 1 unspecified atom stereocenters. The lowest BCUT2D eigenvalue weighted by Crippen LogP contribution is -2.37. The highest BCUT2D eigenvalue weighted by Gasteiger charge is 2.19. The van der Waals surface area contributed by atoms with Gasteiger partial charge < -0.3 is 15.0 Å². The highest BCUT2D eigenvalue weighted by atomic mass is 16.5. The van der Waals surface area contributed by atoms with Crippen molar-refractivity contribution in [3.8, 4) is 0 Å². The van der Waals surface area contributed by atoms with Crippen LogP contribution in [0.4, 0.5) is 5.69 Å². The monoisotopic (exact) mass is 263 g/mol. The largest absolute Gasteiger partial charge is 0.378 e. The van der Waals surface area contributed by atoms with Gasteiger partial charge >= 0.3 is 0 Å². The molecule has 1 aromatic heterocycles. The summed E-state index contributed by atoms with van der Waals surface area (Å²) in [6.45, 7) is 7.14. The first-order chi connectivity index (χ1) is 9.24. The Bertz CT molecular complexity index is 371. The molecule has 19 heavy (non-hydrogen) atoms. The molecule has 0 saturated carbocycles. The van der Waals surface area contributed by atoms with Gasteiger partial charge in [0, 0.05) is 25.7 Å². The third kappa shape index (κ3) is 3.67. The summed E-state index contributed by atoms with van der Waals surface area (Å²) in [5.74, 6) is 0. The number of anilines is 1. The smallest absolute Gasteiger partial charge is 0.0608 e. The quantitative estimate of drug-likeness (QED) is 0.885. The average Bonchev–Trinajstić information content (AvgIpc) is 2.48. The molecule has 1 fully saturated rings. The molecule has 1 saturated heterocycles. The summed E-state index contributed by atoms with van der Waals surface area (Å²) in [4.78, 5) is 6.94. The van der Waals surface area contributed by atoms with Gasteiger partial charge in [0.1, 0.15) is 0 Å². The fourth-order valence-electron chi connectivity index (χ4n) is 2.50. The van der Waals surface area contributed by atoms with Crippen LogP contribution in [0.1, 0.15) is 38.4 Å². The number of aromatic nitrogens is 1. The SMILES string of the molecule is CCOC1CCN(c2ccc(C(C)NC)nc2)CC1. The molecular formula is C15H25N3O. The molecule has 2 heterocycles. The summed E-state index contributed by atoms with van der Waals surface area (Å²) in [7, 11) is 1.96. The number of piperidine rings is 1. The van der Waals surface area contributed by atoms with E-state index >= 15 is 0 Å². The predicted molar refractivity (Wildman–Crippen MR) is 78.6 cm³/mol. The molecule has 0 spiro atoms. The number of ether oxygens (including phenoxy) is 1. The van der Waals surface area contributed by atoms with Crippen molar-refractivity contribution in [2.75, 3.05) is 31.6 Å². The van der Waals surface area contributed by atoms with Crippen LogP contribution in [0.2, 0.25) is 0 Å². The Morgan fingerprint density at radius 1 is 1.42 bits per heavy atom. The zero-order chi connectivity index (χ0) is 13.7. The summed E-state index contributed by atoms with van der Waals surface area (Å²) in [5.41, 5.74) is 2.32. The number of nitrogens with zero attached hydrogens (tertiary/aromatic N) is 2. The molecule has 4 nitrogen and oxygen atoms in total. The van der Waals surface area contributed by atoms with Crippen molar-refractivity contribution < 1.29 is 4.74 Å². The zero-order valence-electron chi connectivity index (χ0n) is 12.2. The molecule has 4 heteroatoms. The van der Waals surface area contributed by atoms with Crippen molar-refractivity contribution >= 4 is 5.69 Å². The van der Waals surface area contributed by atoms with E-state index in [1.165, 1.54) is 5.69 Å². The minimum Gasteiger partial charge on any atom is -0.378 e. The number of nitrogens with one attached hydrogen (secondary N) is 1.